The van der Waals surface area contributed by atoms with E-state index in [4.69, 9.17) is 19.6 Å². The van der Waals surface area contributed by atoms with Gasteiger partial charge in [0.2, 0.25) is 0 Å². The van der Waals surface area contributed by atoms with Crippen LogP contribution < -0.4 is 4.90 Å². The molecule has 4 aromatic rings. The molecule has 1 fully saturated rings. The molecule has 0 unspecified atom stereocenters. The Balaban J connectivity index is 1.56. The van der Waals surface area contributed by atoms with Crippen molar-refractivity contribution in [2.24, 2.45) is 5.41 Å². The largest absolute Gasteiger partial charge is 0.467 e. The number of anilines is 1. The number of pyridine rings is 1. The highest BCUT2D eigenvalue weighted by molar-refractivity contribution is 5.81. The first-order valence-corrected chi connectivity index (χ1v) is 16.1. The van der Waals surface area contributed by atoms with Gasteiger partial charge in [0, 0.05) is 48.4 Å². The van der Waals surface area contributed by atoms with Crippen LogP contribution in [0.4, 0.5) is 5.82 Å². The van der Waals surface area contributed by atoms with Crippen LogP contribution in [0.1, 0.15) is 82.7 Å². The average Bonchev–Trinajstić information content (AvgIpc) is 3.44. The lowest BCUT2D eigenvalue weighted by atomic mass is 9.76. The molecule has 7 rings (SSSR count). The number of aromatic nitrogens is 4. The molecule has 0 spiro atoms. The van der Waals surface area contributed by atoms with Crippen LogP contribution >= 0.6 is 0 Å². The molecule has 0 aliphatic carbocycles. The van der Waals surface area contributed by atoms with Crippen molar-refractivity contribution in [2.45, 2.75) is 84.8 Å². The summed E-state index contributed by atoms with van der Waals surface area (Å²) >= 11 is 0. The fourth-order valence-corrected chi connectivity index (χ4v) is 6.71. The fourth-order valence-electron chi connectivity index (χ4n) is 6.71. The minimum atomic E-state index is -0.943. The molecule has 45 heavy (non-hydrogen) atoms. The van der Waals surface area contributed by atoms with Gasteiger partial charge in [0.05, 0.1) is 24.0 Å². The Kier molecular flexibility index (Phi) is 8.53. The number of benzene rings is 1. The zero-order chi connectivity index (χ0) is 31.8. The Labute approximate surface area is 266 Å². The number of nitrogens with zero attached hydrogens (tertiary/aromatic N) is 5. The maximum Gasteiger partial charge on any atom is 0.339 e. The van der Waals surface area contributed by atoms with Crippen molar-refractivity contribution in [1.82, 2.24) is 19.6 Å². The summed E-state index contributed by atoms with van der Waals surface area (Å²) in [5.74, 6) is 0.413. The zero-order valence-corrected chi connectivity index (χ0v) is 27.5. The highest BCUT2D eigenvalue weighted by Crippen LogP contribution is 2.41. The van der Waals surface area contributed by atoms with E-state index in [9.17, 15) is 4.79 Å². The Morgan fingerprint density at radius 3 is 2.53 bits per heavy atom. The van der Waals surface area contributed by atoms with Crippen molar-refractivity contribution >= 4 is 17.4 Å². The highest BCUT2D eigenvalue weighted by atomic mass is 16.6. The van der Waals surface area contributed by atoms with Gasteiger partial charge in [0.1, 0.15) is 5.82 Å². The summed E-state index contributed by atoms with van der Waals surface area (Å²) < 4.78 is 13.6. The summed E-state index contributed by atoms with van der Waals surface area (Å²) in [5.41, 5.74) is 7.19. The minimum absolute atomic E-state index is 0.238. The third-order valence-corrected chi connectivity index (χ3v) is 9.27. The number of hydrogen-bond acceptors (Lipinski definition) is 7. The molecule has 8 heteroatoms. The second-order valence-corrected chi connectivity index (χ2v) is 13.8. The highest BCUT2D eigenvalue weighted by Gasteiger charge is 2.37. The first kappa shape index (κ1) is 31.0. The smallest absolute Gasteiger partial charge is 0.339 e. The lowest BCUT2D eigenvalue weighted by molar-refractivity contribution is -0.164. The molecule has 236 valence electrons. The lowest BCUT2D eigenvalue weighted by Gasteiger charge is -2.41. The van der Waals surface area contributed by atoms with Gasteiger partial charge in [-0.15, -0.1) is 0 Å². The zero-order valence-electron chi connectivity index (χ0n) is 27.5. The monoisotopic (exact) mass is 607 g/mol. The van der Waals surface area contributed by atoms with E-state index >= 15 is 0 Å². The van der Waals surface area contributed by atoms with Crippen LogP contribution in [0.5, 0.6) is 0 Å². The summed E-state index contributed by atoms with van der Waals surface area (Å²) in [7, 11) is 1.41. The van der Waals surface area contributed by atoms with E-state index in [0.717, 1.165) is 91.2 Å². The van der Waals surface area contributed by atoms with E-state index in [1.165, 1.54) is 12.7 Å². The van der Waals surface area contributed by atoms with Crippen molar-refractivity contribution in [2.75, 3.05) is 25.1 Å². The molecule has 3 aliphatic heterocycles. The first-order chi connectivity index (χ1) is 21.5. The summed E-state index contributed by atoms with van der Waals surface area (Å²) in [6, 6.07) is 12.7. The molecule has 6 bridgehead atoms. The lowest BCUT2D eigenvalue weighted by Crippen LogP contribution is -2.41. The van der Waals surface area contributed by atoms with Crippen molar-refractivity contribution in [3.8, 4) is 22.4 Å². The van der Waals surface area contributed by atoms with Gasteiger partial charge >= 0.3 is 5.97 Å². The summed E-state index contributed by atoms with van der Waals surface area (Å²) in [6.45, 7) is 11.9. The van der Waals surface area contributed by atoms with Gasteiger partial charge in [-0.1, -0.05) is 37.3 Å². The molecule has 1 atom stereocenters. The molecule has 6 heterocycles. The van der Waals surface area contributed by atoms with Crippen LogP contribution in [-0.2, 0) is 20.7 Å². The fraction of sp³-hybridized carbons (Fsp3) is 0.459. The average molecular weight is 608 g/mol. The Bertz CT molecular complexity index is 1730. The summed E-state index contributed by atoms with van der Waals surface area (Å²) in [5, 5.41) is 5.18. The minimum Gasteiger partial charge on any atom is -0.467 e. The van der Waals surface area contributed by atoms with Gasteiger partial charge in [-0.2, -0.15) is 9.61 Å². The molecule has 0 amide bonds. The number of hydrogen-bond donors (Lipinski definition) is 0. The van der Waals surface area contributed by atoms with Gasteiger partial charge < -0.3 is 14.4 Å². The van der Waals surface area contributed by atoms with E-state index in [2.05, 4.69) is 59.3 Å². The quantitative estimate of drug-likeness (QED) is 0.174. The maximum absolute atomic E-state index is 13.4. The number of ether oxygens (including phenoxy) is 2. The predicted octanol–water partition coefficient (Wildman–Crippen LogP) is 7.69. The molecule has 3 aliphatic rings. The van der Waals surface area contributed by atoms with E-state index < -0.39 is 17.7 Å². The molecule has 1 aromatic carbocycles. The topological polar surface area (TPSA) is 81.8 Å². The summed E-state index contributed by atoms with van der Waals surface area (Å²) in [6.07, 6.45) is 13.9. The molecular weight excluding hydrogens is 562 g/mol. The normalized spacial score (nSPS) is 18.1. The molecule has 3 aromatic heterocycles. The van der Waals surface area contributed by atoms with E-state index in [-0.39, 0.29) is 5.41 Å². The molecule has 0 N–H and O–H groups in total. The van der Waals surface area contributed by atoms with Gasteiger partial charge in [-0.3, -0.25) is 4.98 Å². The van der Waals surface area contributed by atoms with Crippen LogP contribution in [0.15, 0.2) is 60.9 Å². The first-order valence-electron chi connectivity index (χ1n) is 16.1. The van der Waals surface area contributed by atoms with Crippen molar-refractivity contribution in [3.63, 3.8) is 0 Å². The predicted molar refractivity (Wildman–Crippen MR) is 178 cm³/mol. The van der Waals surface area contributed by atoms with Gasteiger partial charge in [0.15, 0.2) is 11.8 Å². The number of piperidine rings is 1. The van der Waals surface area contributed by atoms with Crippen LogP contribution in [0.3, 0.4) is 0 Å². The van der Waals surface area contributed by atoms with E-state index in [0.29, 0.717) is 5.56 Å². The van der Waals surface area contributed by atoms with Crippen LogP contribution in [0.25, 0.3) is 28.0 Å². The van der Waals surface area contributed by atoms with Crippen LogP contribution in [0.2, 0.25) is 0 Å². The SMILES string of the molecule is COC(=O)[C@@H](OC(C)(C)C)c1c(C)nc2cc3nn2c1N1CCC(C)(CC/C=C\CCc2ccncc2-c2cccc-3c2)CC1. The molecule has 1 saturated heterocycles. The second kappa shape index (κ2) is 12.4. The van der Waals surface area contributed by atoms with Gasteiger partial charge in [-0.05, 0) is 94.9 Å². The molecule has 0 radical (unpaired) electrons. The van der Waals surface area contributed by atoms with Crippen LogP contribution in [-0.4, -0.2) is 51.4 Å². The number of rotatable bonds is 3. The number of carbonyl (C=O) groups is 1. The number of allylic oxidation sites excluding steroid dienone is 2. The number of carbonyl (C=O) groups excluding carboxylic acids is 1. The summed E-state index contributed by atoms with van der Waals surface area (Å²) in [4.78, 5) is 25.2. The number of aryl methyl sites for hydroxylation is 2. The van der Waals surface area contributed by atoms with E-state index in [1.54, 1.807) is 0 Å². The van der Waals surface area contributed by atoms with Gasteiger partial charge in [-0.25, -0.2) is 9.78 Å². The van der Waals surface area contributed by atoms with Crippen molar-refractivity contribution < 1.29 is 14.3 Å². The Morgan fingerprint density at radius 1 is 1.02 bits per heavy atom. The third-order valence-electron chi connectivity index (χ3n) is 9.27. The third kappa shape index (κ3) is 6.52. The van der Waals surface area contributed by atoms with Crippen LogP contribution in [0, 0.1) is 12.3 Å². The van der Waals surface area contributed by atoms with Crippen molar-refractivity contribution in [3.05, 3.63) is 77.8 Å². The number of methoxy groups -OCH3 is 1. The number of fused-ring (bicyclic) bond motifs is 6. The standard InChI is InChI=1S/C37H45N5O3/c1-25-32(33(35(43)44-6)45-36(2,3)4)34-41-20-17-37(5,18-21-41)16-10-8-7-9-12-26-15-19-38-24-29(26)27-13-11-14-28(22-27)30-23-31(39-25)42(34)40-30/h7-8,11,13-15,19,22-24,33H,9-10,12,16-18,20-21H2,1-6H3/b8-7-/t33-/m0/s1. The van der Waals surface area contributed by atoms with Crippen molar-refractivity contribution in [1.29, 1.82) is 0 Å². The Hall–Kier alpha value is -4.04. The van der Waals surface area contributed by atoms with Gasteiger partial charge in [0.25, 0.3) is 0 Å². The number of esters is 1. The molecule has 8 nitrogen and oxygen atoms in total. The second-order valence-electron chi connectivity index (χ2n) is 13.8. The maximum atomic E-state index is 13.4. The van der Waals surface area contributed by atoms with E-state index in [1.807, 2.05) is 50.7 Å². The molecule has 0 saturated carbocycles. The Morgan fingerprint density at radius 2 is 1.78 bits per heavy atom. The molecular formula is C37H45N5O3.